The van der Waals surface area contributed by atoms with Gasteiger partial charge in [-0.3, -0.25) is 14.9 Å². The molecule has 0 saturated carbocycles. The first-order valence-corrected chi connectivity index (χ1v) is 6.97. The minimum atomic E-state index is -0.589. The molecule has 0 saturated heterocycles. The van der Waals surface area contributed by atoms with E-state index in [1.807, 2.05) is 36.4 Å². The highest BCUT2D eigenvalue weighted by molar-refractivity contribution is 6.06. The molecule has 1 amide bonds. The van der Waals surface area contributed by atoms with Gasteiger partial charge in [0, 0.05) is 36.8 Å². The number of nitro benzene ring substituents is 1. The van der Waals surface area contributed by atoms with E-state index in [2.05, 4.69) is 5.32 Å². The maximum atomic E-state index is 12.2. The zero-order valence-corrected chi connectivity index (χ0v) is 12.8. The Morgan fingerprint density at radius 1 is 1.21 bits per heavy atom. The lowest BCUT2D eigenvalue weighted by Crippen LogP contribution is -2.17. The Hall–Kier alpha value is -3.66. The van der Waals surface area contributed by atoms with Gasteiger partial charge in [0.15, 0.2) is 0 Å². The van der Waals surface area contributed by atoms with Gasteiger partial charge in [0.2, 0.25) is 0 Å². The summed E-state index contributed by atoms with van der Waals surface area (Å²) in [5, 5.41) is 22.3. The molecule has 0 radical (unpaired) electrons. The molecular formula is C17H14N4O3. The number of amides is 1. The lowest BCUT2D eigenvalue weighted by Gasteiger charge is -2.14. The van der Waals surface area contributed by atoms with Gasteiger partial charge in [0.25, 0.3) is 11.6 Å². The quantitative estimate of drug-likeness (QED) is 0.395. The van der Waals surface area contributed by atoms with Gasteiger partial charge in [-0.05, 0) is 24.3 Å². The van der Waals surface area contributed by atoms with Gasteiger partial charge < -0.3 is 10.2 Å². The third-order valence-electron chi connectivity index (χ3n) is 3.19. The first kappa shape index (κ1) is 16.7. The van der Waals surface area contributed by atoms with Crippen LogP contribution in [0.25, 0.3) is 0 Å². The van der Waals surface area contributed by atoms with Crippen molar-refractivity contribution in [2.24, 2.45) is 0 Å². The van der Waals surface area contributed by atoms with Gasteiger partial charge in [-0.1, -0.05) is 18.2 Å². The predicted octanol–water partition coefficient (Wildman–Crippen LogP) is 3.08. The fourth-order valence-electron chi connectivity index (χ4n) is 1.93. The number of benzene rings is 2. The molecule has 0 spiro atoms. The van der Waals surface area contributed by atoms with E-state index in [1.165, 1.54) is 30.5 Å². The van der Waals surface area contributed by atoms with Crippen molar-refractivity contribution in [1.29, 1.82) is 5.26 Å². The van der Waals surface area contributed by atoms with E-state index >= 15 is 0 Å². The molecule has 7 heteroatoms. The monoisotopic (exact) mass is 322 g/mol. The molecule has 0 aliphatic carbocycles. The Morgan fingerprint density at radius 3 is 2.38 bits per heavy atom. The highest BCUT2D eigenvalue weighted by Gasteiger charge is 2.12. The van der Waals surface area contributed by atoms with Crippen molar-refractivity contribution in [1.82, 2.24) is 0 Å². The number of nitrogens with zero attached hydrogens (tertiary/aromatic N) is 3. The number of carbonyl (C=O) groups is 1. The van der Waals surface area contributed by atoms with Crippen LogP contribution in [-0.2, 0) is 4.79 Å². The molecule has 0 heterocycles. The van der Waals surface area contributed by atoms with Gasteiger partial charge >= 0.3 is 0 Å². The van der Waals surface area contributed by atoms with Crippen LogP contribution in [0, 0.1) is 21.4 Å². The number of nitro groups is 1. The highest BCUT2D eigenvalue weighted by atomic mass is 16.6. The molecule has 0 unspecified atom stereocenters. The fourth-order valence-corrected chi connectivity index (χ4v) is 1.93. The summed E-state index contributed by atoms with van der Waals surface area (Å²) in [7, 11) is 1.73. The molecule has 120 valence electrons. The van der Waals surface area contributed by atoms with Crippen molar-refractivity contribution in [3.63, 3.8) is 0 Å². The Balaban J connectivity index is 2.12. The van der Waals surface area contributed by atoms with E-state index in [4.69, 9.17) is 0 Å². The highest BCUT2D eigenvalue weighted by Crippen LogP contribution is 2.17. The van der Waals surface area contributed by atoms with Crippen LogP contribution < -0.4 is 10.2 Å². The molecule has 0 aliphatic rings. The van der Waals surface area contributed by atoms with Crippen LogP contribution in [0.3, 0.4) is 0 Å². The van der Waals surface area contributed by atoms with E-state index in [-0.39, 0.29) is 11.3 Å². The SMILES string of the molecule is CN(/C=C(/C#N)C(=O)Nc1ccc([N+](=O)[O-])cc1)c1ccccc1. The summed E-state index contributed by atoms with van der Waals surface area (Å²) in [6.45, 7) is 0. The number of hydrogen-bond donors (Lipinski definition) is 1. The molecule has 7 nitrogen and oxygen atoms in total. The minimum Gasteiger partial charge on any atom is -0.350 e. The fraction of sp³-hybridized carbons (Fsp3) is 0.0588. The third-order valence-corrected chi connectivity index (χ3v) is 3.19. The summed E-state index contributed by atoms with van der Waals surface area (Å²) in [6, 6.07) is 16.5. The third kappa shape index (κ3) is 4.18. The molecule has 2 aromatic rings. The second-order valence-corrected chi connectivity index (χ2v) is 4.86. The lowest BCUT2D eigenvalue weighted by atomic mass is 10.2. The summed E-state index contributed by atoms with van der Waals surface area (Å²) in [4.78, 5) is 23.9. The molecule has 0 fully saturated rings. The molecule has 24 heavy (non-hydrogen) atoms. The second kappa shape index (κ2) is 7.56. The van der Waals surface area contributed by atoms with Crippen LogP contribution in [0.2, 0.25) is 0 Å². The molecule has 1 N–H and O–H groups in total. The predicted molar refractivity (Wildman–Crippen MR) is 90.3 cm³/mol. The van der Waals surface area contributed by atoms with Crippen molar-refractivity contribution in [3.8, 4) is 6.07 Å². The number of rotatable bonds is 5. The molecule has 2 rings (SSSR count). The number of nitrogens with one attached hydrogen (secondary N) is 1. The Bertz CT molecular complexity index is 808. The Kier molecular flexibility index (Phi) is 5.26. The van der Waals surface area contributed by atoms with Gasteiger partial charge in [-0.25, -0.2) is 0 Å². The van der Waals surface area contributed by atoms with Crippen molar-refractivity contribution < 1.29 is 9.72 Å². The summed E-state index contributed by atoms with van der Waals surface area (Å²) in [6.07, 6.45) is 1.43. The Labute approximate surface area is 138 Å². The average molecular weight is 322 g/mol. The minimum absolute atomic E-state index is 0.0761. The molecule has 0 atom stereocenters. The van der Waals surface area contributed by atoms with Crippen molar-refractivity contribution in [2.75, 3.05) is 17.3 Å². The van der Waals surface area contributed by atoms with Crippen LogP contribution in [0.4, 0.5) is 17.1 Å². The number of anilines is 2. The first-order valence-electron chi connectivity index (χ1n) is 6.97. The van der Waals surface area contributed by atoms with E-state index in [0.717, 1.165) is 5.69 Å². The Morgan fingerprint density at radius 2 is 1.83 bits per heavy atom. The maximum absolute atomic E-state index is 12.2. The topological polar surface area (TPSA) is 99.3 Å². The van der Waals surface area contributed by atoms with E-state index in [0.29, 0.717) is 5.69 Å². The van der Waals surface area contributed by atoms with Crippen LogP contribution in [0.1, 0.15) is 0 Å². The van der Waals surface area contributed by atoms with E-state index < -0.39 is 10.8 Å². The number of nitriles is 1. The number of hydrogen-bond acceptors (Lipinski definition) is 5. The maximum Gasteiger partial charge on any atom is 0.269 e. The van der Waals surface area contributed by atoms with Crippen LogP contribution in [0.15, 0.2) is 66.4 Å². The van der Waals surface area contributed by atoms with Crippen molar-refractivity contribution in [3.05, 3.63) is 76.5 Å². The summed E-state index contributed by atoms with van der Waals surface area (Å²) in [5.74, 6) is -0.589. The smallest absolute Gasteiger partial charge is 0.269 e. The largest absolute Gasteiger partial charge is 0.350 e. The molecule has 0 bridgehead atoms. The summed E-state index contributed by atoms with van der Waals surface area (Å²) < 4.78 is 0. The first-order chi connectivity index (χ1) is 11.5. The molecule has 0 aliphatic heterocycles. The average Bonchev–Trinajstić information content (AvgIpc) is 2.60. The number of non-ortho nitro benzene ring substituents is 1. The zero-order valence-electron chi connectivity index (χ0n) is 12.8. The normalized spacial score (nSPS) is 10.6. The molecular weight excluding hydrogens is 308 g/mol. The van der Waals surface area contributed by atoms with Gasteiger partial charge in [-0.15, -0.1) is 0 Å². The van der Waals surface area contributed by atoms with Gasteiger partial charge in [0.1, 0.15) is 11.6 Å². The number of para-hydroxylation sites is 1. The molecule has 0 aromatic heterocycles. The summed E-state index contributed by atoms with van der Waals surface area (Å²) in [5.41, 5.74) is 1.04. The lowest BCUT2D eigenvalue weighted by molar-refractivity contribution is -0.384. The van der Waals surface area contributed by atoms with Crippen molar-refractivity contribution in [2.45, 2.75) is 0 Å². The zero-order chi connectivity index (χ0) is 17.5. The van der Waals surface area contributed by atoms with Gasteiger partial charge in [-0.2, -0.15) is 5.26 Å². The van der Waals surface area contributed by atoms with E-state index in [1.54, 1.807) is 11.9 Å². The van der Waals surface area contributed by atoms with Crippen LogP contribution >= 0.6 is 0 Å². The molecule has 2 aromatic carbocycles. The van der Waals surface area contributed by atoms with Crippen LogP contribution in [0.5, 0.6) is 0 Å². The number of carbonyl (C=O) groups excluding carboxylic acids is 1. The van der Waals surface area contributed by atoms with Gasteiger partial charge in [0.05, 0.1) is 4.92 Å². The van der Waals surface area contributed by atoms with E-state index in [9.17, 15) is 20.2 Å². The van der Waals surface area contributed by atoms with Crippen molar-refractivity contribution >= 4 is 23.0 Å². The van der Waals surface area contributed by atoms with Crippen LogP contribution in [-0.4, -0.2) is 17.9 Å². The standard InChI is InChI=1S/C17H14N4O3/c1-20(15-5-3-2-4-6-15)12-13(11-18)17(22)19-14-7-9-16(10-8-14)21(23)24/h2-10,12H,1H3,(H,19,22)/b13-12-. The summed E-state index contributed by atoms with van der Waals surface area (Å²) >= 11 is 0. The second-order valence-electron chi connectivity index (χ2n) is 4.86.